The molecule has 0 saturated carbocycles. The van der Waals surface area contributed by atoms with Gasteiger partial charge >= 0.3 is 5.97 Å². The Morgan fingerprint density at radius 1 is 1.37 bits per heavy atom. The number of nitro groups is 1. The first-order valence-electron chi connectivity index (χ1n) is 7.87. The molecule has 0 saturated heterocycles. The van der Waals surface area contributed by atoms with Gasteiger partial charge in [0.15, 0.2) is 6.10 Å². The third-order valence-corrected chi connectivity index (χ3v) is 3.67. The molecule has 9 nitrogen and oxygen atoms in total. The third-order valence-electron chi connectivity index (χ3n) is 3.34. The zero-order valence-electron chi connectivity index (χ0n) is 14.5. The number of nitro benzene ring substituents is 1. The molecule has 0 bridgehead atoms. The maximum absolute atomic E-state index is 12.3. The van der Waals surface area contributed by atoms with E-state index in [0.29, 0.717) is 6.61 Å². The summed E-state index contributed by atoms with van der Waals surface area (Å²) < 4.78 is 10.4. The van der Waals surface area contributed by atoms with E-state index in [1.165, 1.54) is 37.4 Å². The van der Waals surface area contributed by atoms with Gasteiger partial charge in [-0.1, -0.05) is 11.6 Å². The van der Waals surface area contributed by atoms with Crippen LogP contribution < -0.4 is 10.1 Å². The van der Waals surface area contributed by atoms with Crippen molar-refractivity contribution in [1.29, 1.82) is 0 Å². The van der Waals surface area contributed by atoms with Crippen molar-refractivity contribution in [3.05, 3.63) is 57.2 Å². The quantitative estimate of drug-likeness (QED) is 0.435. The molecule has 2 aromatic rings. The number of non-ortho nitro benzene ring substituents is 1. The number of nitrogens with zero attached hydrogens (tertiary/aromatic N) is 2. The van der Waals surface area contributed by atoms with E-state index in [2.05, 4.69) is 10.3 Å². The Balaban J connectivity index is 2.09. The fraction of sp³-hybridized carbons (Fsp3) is 0.235. The summed E-state index contributed by atoms with van der Waals surface area (Å²) >= 11 is 5.94. The molecule has 0 aliphatic heterocycles. The van der Waals surface area contributed by atoms with Crippen LogP contribution in [0.1, 0.15) is 24.2 Å². The van der Waals surface area contributed by atoms with Crippen LogP contribution >= 0.6 is 11.6 Å². The van der Waals surface area contributed by atoms with Crippen LogP contribution in [0.15, 0.2) is 36.5 Å². The minimum absolute atomic E-state index is 0.0372. The lowest BCUT2D eigenvalue weighted by molar-refractivity contribution is -0.384. The molecule has 1 atom stereocenters. The largest absolute Gasteiger partial charge is 0.477 e. The number of ether oxygens (including phenoxy) is 2. The van der Waals surface area contributed by atoms with Crippen LogP contribution in [0.5, 0.6) is 5.88 Å². The molecule has 0 unspecified atom stereocenters. The number of rotatable bonds is 7. The maximum Gasteiger partial charge on any atom is 0.344 e. The molecule has 2 rings (SSSR count). The molecule has 1 amide bonds. The second-order valence-corrected chi connectivity index (χ2v) is 5.65. The van der Waals surface area contributed by atoms with E-state index >= 15 is 0 Å². The second-order valence-electron chi connectivity index (χ2n) is 5.25. The summed E-state index contributed by atoms with van der Waals surface area (Å²) in [5.74, 6) is -1.40. The minimum Gasteiger partial charge on any atom is -0.477 e. The lowest BCUT2D eigenvalue weighted by Gasteiger charge is -2.15. The Morgan fingerprint density at radius 2 is 2.11 bits per heavy atom. The molecule has 1 heterocycles. The molecule has 27 heavy (non-hydrogen) atoms. The van der Waals surface area contributed by atoms with Crippen molar-refractivity contribution >= 4 is 34.9 Å². The van der Waals surface area contributed by atoms with Gasteiger partial charge in [-0.05, 0) is 32.0 Å². The lowest BCUT2D eigenvalue weighted by atomic mass is 10.2. The maximum atomic E-state index is 12.3. The molecule has 0 radical (unpaired) electrons. The number of amides is 1. The Labute approximate surface area is 159 Å². The van der Waals surface area contributed by atoms with Gasteiger partial charge in [0.25, 0.3) is 11.6 Å². The smallest absolute Gasteiger partial charge is 0.344 e. The number of hydrogen-bond acceptors (Lipinski definition) is 7. The Hall–Kier alpha value is -3.20. The highest BCUT2D eigenvalue weighted by molar-refractivity contribution is 6.33. The Morgan fingerprint density at radius 3 is 2.78 bits per heavy atom. The highest BCUT2D eigenvalue weighted by Crippen LogP contribution is 2.27. The first kappa shape index (κ1) is 20.1. The average molecular weight is 394 g/mol. The first-order chi connectivity index (χ1) is 12.8. The fourth-order valence-corrected chi connectivity index (χ4v) is 2.20. The van der Waals surface area contributed by atoms with Crippen molar-refractivity contribution in [3.8, 4) is 5.88 Å². The molecule has 1 N–H and O–H groups in total. The fourth-order valence-electron chi connectivity index (χ4n) is 2.03. The number of halogens is 1. The number of aromatic nitrogens is 1. The monoisotopic (exact) mass is 393 g/mol. The topological polar surface area (TPSA) is 121 Å². The number of esters is 1. The highest BCUT2D eigenvalue weighted by atomic mass is 35.5. The number of benzene rings is 1. The van der Waals surface area contributed by atoms with E-state index in [1.54, 1.807) is 6.92 Å². The van der Waals surface area contributed by atoms with E-state index in [4.69, 9.17) is 21.1 Å². The van der Waals surface area contributed by atoms with E-state index in [0.717, 1.165) is 6.07 Å². The average Bonchev–Trinajstić information content (AvgIpc) is 2.63. The van der Waals surface area contributed by atoms with Gasteiger partial charge in [0, 0.05) is 18.3 Å². The van der Waals surface area contributed by atoms with Crippen molar-refractivity contribution in [1.82, 2.24) is 4.98 Å². The van der Waals surface area contributed by atoms with Crippen molar-refractivity contribution in [2.75, 3.05) is 11.9 Å². The predicted molar refractivity (Wildman–Crippen MR) is 97.0 cm³/mol. The molecule has 0 aliphatic carbocycles. The molecule has 0 aliphatic rings. The zero-order chi connectivity index (χ0) is 20.0. The SMILES string of the molecule is CCOc1ncccc1C(=O)O[C@H](C)C(=O)Nc1cc([N+](=O)[O-])ccc1Cl. The normalized spacial score (nSPS) is 11.4. The summed E-state index contributed by atoms with van der Waals surface area (Å²) in [6.45, 7) is 3.40. The lowest BCUT2D eigenvalue weighted by Crippen LogP contribution is -2.30. The number of nitrogens with one attached hydrogen (secondary N) is 1. The second kappa shape index (κ2) is 8.95. The summed E-state index contributed by atoms with van der Waals surface area (Å²) in [5, 5.41) is 13.3. The molecular weight excluding hydrogens is 378 g/mol. The Bertz CT molecular complexity index is 873. The molecular formula is C17H16ClN3O6. The van der Waals surface area contributed by atoms with Crippen LogP contribution in [0.3, 0.4) is 0 Å². The number of anilines is 1. The van der Waals surface area contributed by atoms with Crippen LogP contribution in [-0.4, -0.2) is 34.5 Å². The van der Waals surface area contributed by atoms with Crippen LogP contribution in [0, 0.1) is 10.1 Å². The van der Waals surface area contributed by atoms with Crippen LogP contribution in [0.4, 0.5) is 11.4 Å². The zero-order valence-corrected chi connectivity index (χ0v) is 15.2. The van der Waals surface area contributed by atoms with Gasteiger partial charge in [-0.3, -0.25) is 14.9 Å². The van der Waals surface area contributed by atoms with Crippen molar-refractivity contribution in [2.45, 2.75) is 20.0 Å². The van der Waals surface area contributed by atoms with Gasteiger partial charge in [-0.15, -0.1) is 0 Å². The van der Waals surface area contributed by atoms with Crippen molar-refractivity contribution in [3.63, 3.8) is 0 Å². The summed E-state index contributed by atoms with van der Waals surface area (Å²) in [5.41, 5.74) is -0.126. The van der Waals surface area contributed by atoms with Crippen LogP contribution in [0.25, 0.3) is 0 Å². The molecule has 0 spiro atoms. The number of carbonyl (C=O) groups is 2. The third kappa shape index (κ3) is 5.14. The summed E-state index contributed by atoms with van der Waals surface area (Å²) in [6, 6.07) is 6.60. The van der Waals surface area contributed by atoms with E-state index < -0.39 is 22.9 Å². The van der Waals surface area contributed by atoms with Gasteiger partial charge in [-0.25, -0.2) is 9.78 Å². The van der Waals surface area contributed by atoms with E-state index in [9.17, 15) is 19.7 Å². The standard InChI is InChI=1S/C17H16ClN3O6/c1-3-26-16-12(5-4-8-19-16)17(23)27-10(2)15(22)20-14-9-11(21(24)25)6-7-13(14)18/h4-10H,3H2,1-2H3,(H,20,22)/t10-/m1/s1. The number of pyridine rings is 1. The summed E-state index contributed by atoms with van der Waals surface area (Å²) in [4.78, 5) is 38.7. The van der Waals surface area contributed by atoms with E-state index in [1.807, 2.05) is 0 Å². The van der Waals surface area contributed by atoms with Gasteiger partial charge < -0.3 is 14.8 Å². The Kier molecular flexibility index (Phi) is 6.67. The number of hydrogen-bond donors (Lipinski definition) is 1. The van der Waals surface area contributed by atoms with Gasteiger partial charge in [0.05, 0.1) is 22.2 Å². The molecule has 10 heteroatoms. The minimum atomic E-state index is -1.19. The molecule has 1 aromatic carbocycles. The van der Waals surface area contributed by atoms with Gasteiger partial charge in [0.2, 0.25) is 5.88 Å². The highest BCUT2D eigenvalue weighted by Gasteiger charge is 2.23. The summed E-state index contributed by atoms with van der Waals surface area (Å²) in [6.07, 6.45) is 0.268. The first-order valence-corrected chi connectivity index (χ1v) is 8.24. The van der Waals surface area contributed by atoms with E-state index in [-0.39, 0.29) is 27.8 Å². The van der Waals surface area contributed by atoms with Gasteiger partial charge in [-0.2, -0.15) is 0 Å². The van der Waals surface area contributed by atoms with Crippen LogP contribution in [-0.2, 0) is 9.53 Å². The van der Waals surface area contributed by atoms with Gasteiger partial charge in [0.1, 0.15) is 5.56 Å². The molecule has 1 aromatic heterocycles. The van der Waals surface area contributed by atoms with Crippen molar-refractivity contribution < 1.29 is 24.0 Å². The predicted octanol–water partition coefficient (Wildman–Crippen LogP) is 3.23. The molecule has 142 valence electrons. The van der Waals surface area contributed by atoms with Crippen LogP contribution in [0.2, 0.25) is 5.02 Å². The number of carbonyl (C=O) groups excluding carboxylic acids is 2. The summed E-state index contributed by atoms with van der Waals surface area (Å²) in [7, 11) is 0. The van der Waals surface area contributed by atoms with Crippen molar-refractivity contribution in [2.24, 2.45) is 0 Å². The molecule has 0 fully saturated rings.